The van der Waals surface area contributed by atoms with Crippen molar-refractivity contribution in [3.05, 3.63) is 45.5 Å². The van der Waals surface area contributed by atoms with E-state index in [9.17, 15) is 4.39 Å². The van der Waals surface area contributed by atoms with Crippen LogP contribution in [0.1, 0.15) is 5.69 Å². The zero-order valence-corrected chi connectivity index (χ0v) is 12.4. The van der Waals surface area contributed by atoms with Crippen molar-refractivity contribution in [2.75, 3.05) is 0 Å². The maximum Gasteiger partial charge on any atom is 0.248 e. The predicted octanol–water partition coefficient (Wildman–Crippen LogP) is 3.46. The van der Waals surface area contributed by atoms with Gasteiger partial charge in [-0.25, -0.2) is 14.4 Å². The molecular formula is C11H6BrClFN3OS. The first-order valence-corrected chi connectivity index (χ1v) is 6.50. The molecule has 98 valence electrons. The lowest BCUT2D eigenvalue weighted by Crippen LogP contribution is -2.13. The minimum atomic E-state index is -0.611. The van der Waals surface area contributed by atoms with Crippen LogP contribution in [0.5, 0.6) is 11.6 Å². The summed E-state index contributed by atoms with van der Waals surface area (Å²) in [5, 5.41) is -0.0204. The molecular weight excluding hydrogens is 357 g/mol. The Labute approximate surface area is 126 Å². The standard InChI is InChI=1S/C11H6BrClFN3OS/c12-5-3-6(13)7(14)4-8(5)18-11-9(10(15)19)16-1-2-17-11/h1-4H,(H2,15,19). The van der Waals surface area contributed by atoms with E-state index in [1.54, 1.807) is 0 Å². The minimum Gasteiger partial charge on any atom is -0.436 e. The molecule has 2 N–H and O–H groups in total. The van der Waals surface area contributed by atoms with Crippen molar-refractivity contribution in [1.82, 2.24) is 9.97 Å². The molecule has 1 heterocycles. The van der Waals surface area contributed by atoms with Crippen LogP contribution in [0.4, 0.5) is 4.39 Å². The van der Waals surface area contributed by atoms with Gasteiger partial charge < -0.3 is 10.5 Å². The Balaban J connectivity index is 2.42. The quantitative estimate of drug-likeness (QED) is 0.669. The Kier molecular flexibility index (Phi) is 4.28. The summed E-state index contributed by atoms with van der Waals surface area (Å²) in [6.45, 7) is 0. The molecule has 4 nitrogen and oxygen atoms in total. The van der Waals surface area contributed by atoms with Gasteiger partial charge in [0, 0.05) is 18.5 Å². The smallest absolute Gasteiger partial charge is 0.248 e. The van der Waals surface area contributed by atoms with Crippen molar-refractivity contribution in [1.29, 1.82) is 0 Å². The second-order valence-corrected chi connectivity index (χ2v) is 5.07. The molecule has 0 unspecified atom stereocenters. The average molecular weight is 363 g/mol. The molecule has 1 aromatic heterocycles. The van der Waals surface area contributed by atoms with Crippen molar-refractivity contribution in [3.63, 3.8) is 0 Å². The molecule has 0 aliphatic heterocycles. The fraction of sp³-hybridized carbons (Fsp3) is 0. The fourth-order valence-electron chi connectivity index (χ4n) is 1.26. The van der Waals surface area contributed by atoms with E-state index in [-0.39, 0.29) is 27.3 Å². The second kappa shape index (κ2) is 5.77. The van der Waals surface area contributed by atoms with E-state index in [2.05, 4.69) is 25.9 Å². The number of ether oxygens (including phenoxy) is 1. The van der Waals surface area contributed by atoms with Crippen molar-refractivity contribution < 1.29 is 9.13 Å². The number of benzene rings is 1. The third-order valence-corrected chi connectivity index (χ3v) is 3.18. The van der Waals surface area contributed by atoms with Crippen molar-refractivity contribution in [2.45, 2.75) is 0 Å². The zero-order chi connectivity index (χ0) is 14.0. The lowest BCUT2D eigenvalue weighted by Gasteiger charge is -2.10. The van der Waals surface area contributed by atoms with Gasteiger partial charge in [0.25, 0.3) is 0 Å². The molecule has 8 heteroatoms. The van der Waals surface area contributed by atoms with E-state index in [1.807, 2.05) is 0 Å². The van der Waals surface area contributed by atoms with Crippen LogP contribution in [0.2, 0.25) is 5.02 Å². The second-order valence-electron chi connectivity index (χ2n) is 3.37. The van der Waals surface area contributed by atoms with Crippen LogP contribution < -0.4 is 10.5 Å². The van der Waals surface area contributed by atoms with Crippen LogP contribution in [-0.2, 0) is 0 Å². The number of rotatable bonds is 3. The lowest BCUT2D eigenvalue weighted by atomic mass is 10.3. The molecule has 0 saturated carbocycles. The Morgan fingerprint density at radius 3 is 2.74 bits per heavy atom. The predicted molar refractivity (Wildman–Crippen MR) is 77.1 cm³/mol. The summed E-state index contributed by atoms with van der Waals surface area (Å²) >= 11 is 13.7. The summed E-state index contributed by atoms with van der Waals surface area (Å²) in [5.74, 6) is -0.321. The zero-order valence-electron chi connectivity index (χ0n) is 9.23. The first-order valence-electron chi connectivity index (χ1n) is 4.92. The number of aromatic nitrogens is 2. The summed E-state index contributed by atoms with van der Waals surface area (Å²) < 4.78 is 19.3. The number of nitrogens with zero attached hydrogens (tertiary/aromatic N) is 2. The van der Waals surface area contributed by atoms with E-state index in [0.29, 0.717) is 4.47 Å². The number of thiocarbonyl (C=S) groups is 1. The maximum absolute atomic E-state index is 13.4. The molecule has 2 aromatic rings. The van der Waals surface area contributed by atoms with Crippen LogP contribution in [0.25, 0.3) is 0 Å². The highest BCUT2D eigenvalue weighted by atomic mass is 79.9. The molecule has 0 fully saturated rings. The van der Waals surface area contributed by atoms with E-state index in [0.717, 1.165) is 6.07 Å². The number of nitrogens with two attached hydrogens (primary N) is 1. The van der Waals surface area contributed by atoms with Gasteiger partial charge in [-0.15, -0.1) is 0 Å². The van der Waals surface area contributed by atoms with Gasteiger partial charge in [0.15, 0.2) is 5.69 Å². The van der Waals surface area contributed by atoms with E-state index in [1.165, 1.54) is 18.5 Å². The lowest BCUT2D eigenvalue weighted by molar-refractivity contribution is 0.451. The van der Waals surface area contributed by atoms with Crippen LogP contribution in [0.15, 0.2) is 29.0 Å². The van der Waals surface area contributed by atoms with Crippen molar-refractivity contribution in [3.8, 4) is 11.6 Å². The molecule has 0 atom stereocenters. The van der Waals surface area contributed by atoms with Crippen LogP contribution in [0.3, 0.4) is 0 Å². The van der Waals surface area contributed by atoms with Gasteiger partial charge in [-0.3, -0.25) is 0 Å². The van der Waals surface area contributed by atoms with Gasteiger partial charge in [0.05, 0.1) is 9.50 Å². The molecule has 0 radical (unpaired) electrons. The average Bonchev–Trinajstić information content (AvgIpc) is 2.36. The Morgan fingerprint density at radius 1 is 1.37 bits per heavy atom. The highest BCUT2D eigenvalue weighted by Crippen LogP contribution is 2.33. The van der Waals surface area contributed by atoms with Crippen molar-refractivity contribution >= 4 is 44.7 Å². The molecule has 0 bridgehead atoms. The largest absolute Gasteiger partial charge is 0.436 e. The molecule has 0 aliphatic rings. The normalized spacial score (nSPS) is 10.3. The highest BCUT2D eigenvalue weighted by Gasteiger charge is 2.14. The Hall–Kier alpha value is -1.31. The van der Waals surface area contributed by atoms with Crippen LogP contribution in [0, 0.1) is 5.82 Å². The van der Waals surface area contributed by atoms with Gasteiger partial charge in [0.2, 0.25) is 5.88 Å². The Bertz CT molecular complexity index is 656. The summed E-state index contributed by atoms with van der Waals surface area (Å²) in [4.78, 5) is 7.95. The van der Waals surface area contributed by atoms with Gasteiger partial charge in [-0.2, -0.15) is 0 Å². The van der Waals surface area contributed by atoms with Crippen LogP contribution in [-0.4, -0.2) is 15.0 Å². The molecule has 0 aliphatic carbocycles. The summed E-state index contributed by atoms with van der Waals surface area (Å²) in [5.41, 5.74) is 5.72. The molecule has 0 spiro atoms. The third kappa shape index (κ3) is 3.17. The first kappa shape index (κ1) is 14.1. The topological polar surface area (TPSA) is 61.0 Å². The van der Waals surface area contributed by atoms with Crippen LogP contribution >= 0.6 is 39.7 Å². The highest BCUT2D eigenvalue weighted by molar-refractivity contribution is 9.10. The number of hydrogen-bond donors (Lipinski definition) is 1. The monoisotopic (exact) mass is 361 g/mol. The molecule has 0 amide bonds. The first-order chi connectivity index (χ1) is 8.99. The van der Waals surface area contributed by atoms with E-state index >= 15 is 0 Å². The Morgan fingerprint density at radius 2 is 2.05 bits per heavy atom. The molecule has 1 aromatic carbocycles. The SMILES string of the molecule is NC(=S)c1nccnc1Oc1cc(F)c(Cl)cc1Br. The van der Waals surface area contributed by atoms with Gasteiger partial charge in [-0.1, -0.05) is 23.8 Å². The van der Waals surface area contributed by atoms with Gasteiger partial charge >= 0.3 is 0 Å². The summed E-state index contributed by atoms with van der Waals surface area (Å²) in [6.07, 6.45) is 2.84. The maximum atomic E-state index is 13.4. The molecule has 2 rings (SSSR count). The minimum absolute atomic E-state index is 0.0204. The summed E-state index contributed by atoms with van der Waals surface area (Å²) in [7, 11) is 0. The molecule has 19 heavy (non-hydrogen) atoms. The third-order valence-electron chi connectivity index (χ3n) is 2.08. The van der Waals surface area contributed by atoms with Gasteiger partial charge in [0.1, 0.15) is 16.6 Å². The summed E-state index contributed by atoms with van der Waals surface area (Å²) in [6, 6.07) is 2.51. The number of hydrogen-bond acceptors (Lipinski definition) is 4. The van der Waals surface area contributed by atoms with Gasteiger partial charge in [-0.05, 0) is 22.0 Å². The van der Waals surface area contributed by atoms with E-state index < -0.39 is 5.82 Å². The molecule has 0 saturated heterocycles. The number of halogens is 3. The fourth-order valence-corrected chi connectivity index (χ4v) is 2.12. The van der Waals surface area contributed by atoms with Crippen molar-refractivity contribution in [2.24, 2.45) is 5.73 Å². The van der Waals surface area contributed by atoms with E-state index in [4.69, 9.17) is 34.3 Å².